The number of aryl methyl sites for hydroxylation is 1. The molecule has 0 saturated carbocycles. The first-order chi connectivity index (χ1) is 7.54. The summed E-state index contributed by atoms with van der Waals surface area (Å²) in [6.45, 7) is 8.09. The van der Waals surface area contributed by atoms with Gasteiger partial charge in [-0.1, -0.05) is 13.5 Å². The first-order valence-corrected chi connectivity index (χ1v) is 5.18. The average molecular weight is 220 g/mol. The van der Waals surface area contributed by atoms with Crippen LogP contribution in [-0.4, -0.2) is 17.7 Å². The summed E-state index contributed by atoms with van der Waals surface area (Å²) in [5.74, 6) is -0.237. The van der Waals surface area contributed by atoms with Gasteiger partial charge in [-0.15, -0.1) is 0 Å². The predicted octanol–water partition coefficient (Wildman–Crippen LogP) is 3.04. The molecule has 0 saturated heterocycles. The standard InChI is InChI=1S/C13H16O3/c1-4-9(2)8-16-11-5-6-12(13(14)15)10(3)7-11/h5-7H,2,4,8H2,1,3H3,(H,14,15). The highest BCUT2D eigenvalue weighted by molar-refractivity contribution is 5.89. The molecule has 16 heavy (non-hydrogen) atoms. The van der Waals surface area contributed by atoms with Crippen molar-refractivity contribution in [1.82, 2.24) is 0 Å². The van der Waals surface area contributed by atoms with Gasteiger partial charge in [-0.3, -0.25) is 0 Å². The number of benzene rings is 1. The third-order valence-electron chi connectivity index (χ3n) is 2.37. The van der Waals surface area contributed by atoms with Crippen molar-refractivity contribution in [3.63, 3.8) is 0 Å². The quantitative estimate of drug-likeness (QED) is 0.776. The number of carboxylic acid groups (broad SMARTS) is 1. The molecule has 1 aromatic rings. The highest BCUT2D eigenvalue weighted by atomic mass is 16.5. The lowest BCUT2D eigenvalue weighted by molar-refractivity contribution is 0.0696. The molecule has 0 heterocycles. The molecular formula is C13H16O3. The molecule has 0 aliphatic heterocycles. The predicted molar refractivity (Wildman–Crippen MR) is 63.1 cm³/mol. The molecule has 86 valence electrons. The molecule has 1 aromatic carbocycles. The Kier molecular flexibility index (Phi) is 4.11. The molecule has 0 amide bonds. The zero-order valence-corrected chi connectivity index (χ0v) is 9.62. The van der Waals surface area contributed by atoms with Gasteiger partial charge in [0, 0.05) is 0 Å². The number of hydrogen-bond donors (Lipinski definition) is 1. The van der Waals surface area contributed by atoms with Crippen LogP contribution in [0.15, 0.2) is 30.4 Å². The lowest BCUT2D eigenvalue weighted by atomic mass is 10.1. The van der Waals surface area contributed by atoms with Crippen LogP contribution in [0.1, 0.15) is 29.3 Å². The Labute approximate surface area is 95.4 Å². The molecule has 0 bridgehead atoms. The Morgan fingerprint density at radius 1 is 1.50 bits per heavy atom. The highest BCUT2D eigenvalue weighted by Crippen LogP contribution is 2.18. The maximum absolute atomic E-state index is 10.8. The molecule has 0 unspecified atom stereocenters. The molecule has 0 aliphatic carbocycles. The molecule has 0 spiro atoms. The number of ether oxygens (including phenoxy) is 1. The first-order valence-electron chi connectivity index (χ1n) is 5.18. The van der Waals surface area contributed by atoms with Gasteiger partial charge in [0.1, 0.15) is 12.4 Å². The van der Waals surface area contributed by atoms with E-state index < -0.39 is 5.97 Å². The van der Waals surface area contributed by atoms with Gasteiger partial charge < -0.3 is 9.84 Å². The Balaban J connectivity index is 2.74. The molecule has 3 heteroatoms. The normalized spacial score (nSPS) is 9.88. The molecule has 1 N–H and O–H groups in total. The SMILES string of the molecule is C=C(CC)COc1ccc(C(=O)O)c(C)c1. The highest BCUT2D eigenvalue weighted by Gasteiger charge is 2.07. The first kappa shape index (κ1) is 12.3. The van der Waals surface area contributed by atoms with Gasteiger partial charge in [0.15, 0.2) is 0 Å². The van der Waals surface area contributed by atoms with Gasteiger partial charge >= 0.3 is 5.97 Å². The van der Waals surface area contributed by atoms with Crippen LogP contribution in [0.5, 0.6) is 5.75 Å². The van der Waals surface area contributed by atoms with Crippen molar-refractivity contribution in [2.75, 3.05) is 6.61 Å². The number of aromatic carboxylic acids is 1. The zero-order chi connectivity index (χ0) is 12.1. The molecule has 1 rings (SSSR count). The Morgan fingerprint density at radius 2 is 2.19 bits per heavy atom. The van der Waals surface area contributed by atoms with Gasteiger partial charge in [-0.2, -0.15) is 0 Å². The van der Waals surface area contributed by atoms with E-state index in [-0.39, 0.29) is 0 Å². The Morgan fingerprint density at radius 3 is 2.69 bits per heavy atom. The zero-order valence-electron chi connectivity index (χ0n) is 9.62. The Hall–Kier alpha value is -1.77. The summed E-state index contributed by atoms with van der Waals surface area (Å²) >= 11 is 0. The summed E-state index contributed by atoms with van der Waals surface area (Å²) in [4.78, 5) is 10.8. The minimum absolute atomic E-state index is 0.307. The van der Waals surface area contributed by atoms with Crippen molar-refractivity contribution in [3.8, 4) is 5.75 Å². The van der Waals surface area contributed by atoms with Gasteiger partial charge in [0.05, 0.1) is 5.56 Å². The minimum Gasteiger partial charge on any atom is -0.489 e. The summed E-state index contributed by atoms with van der Waals surface area (Å²) in [6.07, 6.45) is 0.881. The van der Waals surface area contributed by atoms with Crippen molar-refractivity contribution < 1.29 is 14.6 Å². The second kappa shape index (κ2) is 5.35. The van der Waals surface area contributed by atoms with Gasteiger partial charge in [0.2, 0.25) is 0 Å². The summed E-state index contributed by atoms with van der Waals surface area (Å²) in [6, 6.07) is 4.95. The minimum atomic E-state index is -0.915. The summed E-state index contributed by atoms with van der Waals surface area (Å²) in [5.41, 5.74) is 2.02. The van der Waals surface area contributed by atoms with Crippen LogP contribution in [0.25, 0.3) is 0 Å². The lowest BCUT2D eigenvalue weighted by Gasteiger charge is -2.09. The van der Waals surface area contributed by atoms with E-state index in [1.54, 1.807) is 25.1 Å². The average Bonchev–Trinajstić information content (AvgIpc) is 2.25. The summed E-state index contributed by atoms with van der Waals surface area (Å²) < 4.78 is 5.48. The Bertz CT molecular complexity index is 408. The van der Waals surface area contributed by atoms with E-state index in [0.29, 0.717) is 23.5 Å². The third-order valence-corrected chi connectivity index (χ3v) is 2.37. The number of carbonyl (C=O) groups is 1. The molecule has 0 radical (unpaired) electrons. The van der Waals surface area contributed by atoms with Crippen LogP contribution in [0, 0.1) is 6.92 Å². The molecule has 0 aromatic heterocycles. The number of rotatable bonds is 5. The molecule has 3 nitrogen and oxygen atoms in total. The molecule has 0 aliphatic rings. The monoisotopic (exact) mass is 220 g/mol. The number of hydrogen-bond acceptors (Lipinski definition) is 2. The fourth-order valence-electron chi connectivity index (χ4n) is 1.25. The molecular weight excluding hydrogens is 204 g/mol. The van der Waals surface area contributed by atoms with Crippen molar-refractivity contribution >= 4 is 5.97 Å². The lowest BCUT2D eigenvalue weighted by Crippen LogP contribution is -2.02. The number of carboxylic acids is 1. The van der Waals surface area contributed by atoms with Crippen LogP contribution < -0.4 is 4.74 Å². The van der Waals surface area contributed by atoms with Crippen LogP contribution in [0.3, 0.4) is 0 Å². The van der Waals surface area contributed by atoms with Crippen LogP contribution in [-0.2, 0) is 0 Å². The van der Waals surface area contributed by atoms with Crippen molar-refractivity contribution in [2.24, 2.45) is 0 Å². The maximum atomic E-state index is 10.8. The van der Waals surface area contributed by atoms with Crippen molar-refractivity contribution in [2.45, 2.75) is 20.3 Å². The van der Waals surface area contributed by atoms with Crippen LogP contribution in [0.4, 0.5) is 0 Å². The van der Waals surface area contributed by atoms with E-state index in [2.05, 4.69) is 6.58 Å². The van der Waals surface area contributed by atoms with E-state index in [9.17, 15) is 4.79 Å². The van der Waals surface area contributed by atoms with E-state index >= 15 is 0 Å². The molecule has 0 fully saturated rings. The second-order valence-electron chi connectivity index (χ2n) is 3.67. The van der Waals surface area contributed by atoms with Crippen LogP contribution >= 0.6 is 0 Å². The third kappa shape index (κ3) is 3.12. The second-order valence-corrected chi connectivity index (χ2v) is 3.67. The molecule has 0 atom stereocenters. The van der Waals surface area contributed by atoms with Gasteiger partial charge in [0.25, 0.3) is 0 Å². The van der Waals surface area contributed by atoms with Gasteiger partial charge in [-0.05, 0) is 42.7 Å². The fraction of sp³-hybridized carbons (Fsp3) is 0.308. The van der Waals surface area contributed by atoms with E-state index in [1.165, 1.54) is 0 Å². The smallest absolute Gasteiger partial charge is 0.335 e. The maximum Gasteiger partial charge on any atom is 0.335 e. The van der Waals surface area contributed by atoms with Crippen molar-refractivity contribution in [1.29, 1.82) is 0 Å². The topological polar surface area (TPSA) is 46.5 Å². The van der Waals surface area contributed by atoms with E-state index in [4.69, 9.17) is 9.84 Å². The van der Waals surface area contributed by atoms with E-state index in [1.807, 2.05) is 6.92 Å². The fourth-order valence-corrected chi connectivity index (χ4v) is 1.25. The summed E-state index contributed by atoms with van der Waals surface area (Å²) in [5, 5.41) is 8.86. The van der Waals surface area contributed by atoms with Gasteiger partial charge in [-0.25, -0.2) is 4.79 Å². The van der Waals surface area contributed by atoms with E-state index in [0.717, 1.165) is 12.0 Å². The van der Waals surface area contributed by atoms with Crippen molar-refractivity contribution in [3.05, 3.63) is 41.5 Å². The summed E-state index contributed by atoms with van der Waals surface area (Å²) in [7, 11) is 0. The van der Waals surface area contributed by atoms with Crippen LogP contribution in [0.2, 0.25) is 0 Å². The largest absolute Gasteiger partial charge is 0.489 e.